The molecule has 1 saturated heterocycles. The van der Waals surface area contributed by atoms with Crippen molar-refractivity contribution in [3.8, 4) is 5.75 Å². The normalized spacial score (nSPS) is 14.3. The second kappa shape index (κ2) is 9.33. The van der Waals surface area contributed by atoms with Crippen molar-refractivity contribution in [1.82, 2.24) is 9.80 Å². The summed E-state index contributed by atoms with van der Waals surface area (Å²) in [5.41, 5.74) is 0.447. The summed E-state index contributed by atoms with van der Waals surface area (Å²) in [6.45, 7) is 1.42. The predicted molar refractivity (Wildman–Crippen MR) is 112 cm³/mol. The van der Waals surface area contributed by atoms with E-state index in [1.807, 2.05) is 0 Å². The maximum Gasteiger partial charge on any atom is 0.321 e. The molecule has 0 radical (unpaired) electrons. The number of primary sulfonamides is 1. The van der Waals surface area contributed by atoms with Crippen LogP contribution in [0.2, 0.25) is 5.02 Å². The molecule has 0 atom stereocenters. The van der Waals surface area contributed by atoms with Gasteiger partial charge in [0.15, 0.2) is 6.61 Å². The van der Waals surface area contributed by atoms with Gasteiger partial charge in [0.05, 0.1) is 4.90 Å². The van der Waals surface area contributed by atoms with Gasteiger partial charge in [0, 0.05) is 36.9 Å². The van der Waals surface area contributed by atoms with E-state index < -0.39 is 10.0 Å². The molecule has 11 heteroatoms. The lowest BCUT2D eigenvalue weighted by atomic mass is 10.3. The van der Waals surface area contributed by atoms with E-state index in [0.717, 1.165) is 0 Å². The number of benzene rings is 2. The van der Waals surface area contributed by atoms with Crippen molar-refractivity contribution in [2.24, 2.45) is 5.14 Å². The summed E-state index contributed by atoms with van der Waals surface area (Å²) in [6, 6.07) is 12.0. The van der Waals surface area contributed by atoms with Crippen LogP contribution in [-0.4, -0.2) is 62.9 Å². The Hall–Kier alpha value is -2.82. The number of hydrogen-bond donors (Lipinski definition) is 2. The van der Waals surface area contributed by atoms with E-state index in [4.69, 9.17) is 21.5 Å². The van der Waals surface area contributed by atoms with E-state index in [9.17, 15) is 18.0 Å². The van der Waals surface area contributed by atoms with Crippen LogP contribution in [0.5, 0.6) is 5.75 Å². The first-order valence-corrected chi connectivity index (χ1v) is 11.0. The standard InChI is InChI=1S/C19H21ClN4O5S/c20-14-1-5-16(6-2-14)29-13-18(25)23-9-11-24(12-10-23)19(26)22-15-3-7-17(8-4-15)30(21,27)28/h1-8H,9-13H2,(H,22,26)(H2,21,27,28). The van der Waals surface area contributed by atoms with Crippen molar-refractivity contribution >= 4 is 39.2 Å². The molecule has 9 nitrogen and oxygen atoms in total. The first kappa shape index (κ1) is 21.9. The Kier molecular flexibility index (Phi) is 6.80. The summed E-state index contributed by atoms with van der Waals surface area (Å²) in [7, 11) is -3.78. The fourth-order valence-corrected chi connectivity index (χ4v) is 3.50. The molecule has 1 aliphatic heterocycles. The molecule has 2 aromatic carbocycles. The average Bonchev–Trinajstić information content (AvgIpc) is 2.73. The number of amides is 3. The van der Waals surface area contributed by atoms with Crippen LogP contribution in [-0.2, 0) is 14.8 Å². The molecule has 0 spiro atoms. The molecule has 0 aromatic heterocycles. The van der Waals surface area contributed by atoms with Gasteiger partial charge in [-0.05, 0) is 48.5 Å². The zero-order chi connectivity index (χ0) is 21.7. The second-order valence-electron chi connectivity index (χ2n) is 6.61. The Morgan fingerprint density at radius 2 is 1.53 bits per heavy atom. The van der Waals surface area contributed by atoms with E-state index >= 15 is 0 Å². The molecule has 1 aliphatic rings. The highest BCUT2D eigenvalue weighted by atomic mass is 35.5. The third kappa shape index (κ3) is 5.85. The number of nitrogens with one attached hydrogen (secondary N) is 1. The van der Waals surface area contributed by atoms with Gasteiger partial charge in [0.1, 0.15) is 5.75 Å². The number of ether oxygens (including phenoxy) is 1. The number of anilines is 1. The van der Waals surface area contributed by atoms with Crippen LogP contribution in [0, 0.1) is 0 Å². The van der Waals surface area contributed by atoms with Crippen LogP contribution < -0.4 is 15.2 Å². The van der Waals surface area contributed by atoms with Gasteiger partial charge in [-0.2, -0.15) is 0 Å². The number of rotatable bonds is 5. The van der Waals surface area contributed by atoms with Gasteiger partial charge in [-0.1, -0.05) is 11.6 Å². The maximum absolute atomic E-state index is 12.4. The third-order valence-corrected chi connectivity index (χ3v) is 5.71. The number of hydrogen-bond acceptors (Lipinski definition) is 5. The second-order valence-corrected chi connectivity index (χ2v) is 8.61. The molecule has 30 heavy (non-hydrogen) atoms. The van der Waals surface area contributed by atoms with Crippen molar-refractivity contribution in [2.45, 2.75) is 4.90 Å². The minimum atomic E-state index is -3.78. The van der Waals surface area contributed by atoms with Crippen molar-refractivity contribution in [3.63, 3.8) is 0 Å². The summed E-state index contributed by atoms with van der Waals surface area (Å²) >= 11 is 5.81. The Balaban J connectivity index is 1.45. The molecule has 0 saturated carbocycles. The number of halogens is 1. The van der Waals surface area contributed by atoms with Gasteiger partial charge >= 0.3 is 6.03 Å². The van der Waals surface area contributed by atoms with E-state index in [0.29, 0.717) is 42.6 Å². The monoisotopic (exact) mass is 452 g/mol. The fraction of sp³-hybridized carbons (Fsp3) is 0.263. The highest BCUT2D eigenvalue weighted by molar-refractivity contribution is 7.89. The number of sulfonamides is 1. The largest absolute Gasteiger partial charge is 0.484 e. The quantitative estimate of drug-likeness (QED) is 0.715. The van der Waals surface area contributed by atoms with Crippen molar-refractivity contribution in [1.29, 1.82) is 0 Å². The lowest BCUT2D eigenvalue weighted by Gasteiger charge is -2.34. The summed E-state index contributed by atoms with van der Waals surface area (Å²) in [4.78, 5) is 27.9. The molecule has 3 rings (SSSR count). The lowest BCUT2D eigenvalue weighted by Crippen LogP contribution is -2.52. The van der Waals surface area contributed by atoms with Crippen molar-refractivity contribution < 1.29 is 22.7 Å². The number of piperazine rings is 1. The van der Waals surface area contributed by atoms with Crippen molar-refractivity contribution in [3.05, 3.63) is 53.6 Å². The molecular formula is C19H21ClN4O5S. The topological polar surface area (TPSA) is 122 Å². The summed E-state index contributed by atoms with van der Waals surface area (Å²) < 4.78 is 28.0. The van der Waals surface area contributed by atoms with Crippen molar-refractivity contribution in [2.75, 3.05) is 38.1 Å². The highest BCUT2D eigenvalue weighted by Crippen LogP contribution is 2.16. The van der Waals surface area contributed by atoms with Gasteiger partial charge in [0.2, 0.25) is 10.0 Å². The van der Waals surface area contributed by atoms with E-state index in [1.54, 1.807) is 34.1 Å². The Labute approximate surface area is 179 Å². The molecule has 2 aromatic rings. The lowest BCUT2D eigenvalue weighted by molar-refractivity contribution is -0.134. The predicted octanol–water partition coefficient (Wildman–Crippen LogP) is 1.74. The minimum absolute atomic E-state index is 0.0338. The molecule has 3 N–H and O–H groups in total. The molecule has 1 fully saturated rings. The summed E-state index contributed by atoms with van der Waals surface area (Å²) in [5.74, 6) is 0.391. The molecule has 160 valence electrons. The average molecular weight is 453 g/mol. The van der Waals surface area contributed by atoms with Crippen LogP contribution in [0.4, 0.5) is 10.5 Å². The summed E-state index contributed by atoms with van der Waals surface area (Å²) in [6.07, 6.45) is 0. The van der Waals surface area contributed by atoms with Gasteiger partial charge in [-0.25, -0.2) is 18.4 Å². The fourth-order valence-electron chi connectivity index (χ4n) is 2.86. The highest BCUT2D eigenvalue weighted by Gasteiger charge is 2.24. The molecule has 0 unspecified atom stereocenters. The first-order valence-electron chi connectivity index (χ1n) is 9.07. The van der Waals surface area contributed by atoms with E-state index in [2.05, 4.69) is 5.32 Å². The zero-order valence-electron chi connectivity index (χ0n) is 16.0. The number of carbonyl (C=O) groups excluding carboxylic acids is 2. The SMILES string of the molecule is NS(=O)(=O)c1ccc(NC(=O)N2CCN(C(=O)COc3ccc(Cl)cc3)CC2)cc1. The smallest absolute Gasteiger partial charge is 0.321 e. The molecule has 3 amide bonds. The molecule has 1 heterocycles. The summed E-state index contributed by atoms with van der Waals surface area (Å²) in [5, 5.41) is 8.34. The Morgan fingerprint density at radius 3 is 2.10 bits per heavy atom. The first-order chi connectivity index (χ1) is 14.2. The van der Waals surface area contributed by atoms with Gasteiger partial charge in [0.25, 0.3) is 5.91 Å². The van der Waals surface area contributed by atoms with E-state index in [1.165, 1.54) is 24.3 Å². The van der Waals surface area contributed by atoms with Crippen LogP contribution in [0.25, 0.3) is 0 Å². The van der Waals surface area contributed by atoms with E-state index in [-0.39, 0.29) is 23.4 Å². The van der Waals surface area contributed by atoms with Gasteiger partial charge in [-0.15, -0.1) is 0 Å². The van der Waals surface area contributed by atoms with Crippen LogP contribution in [0.3, 0.4) is 0 Å². The zero-order valence-corrected chi connectivity index (χ0v) is 17.5. The Bertz CT molecular complexity index is 1000. The molecule has 0 aliphatic carbocycles. The minimum Gasteiger partial charge on any atom is -0.484 e. The number of carbonyl (C=O) groups is 2. The molecule has 0 bridgehead atoms. The maximum atomic E-state index is 12.4. The van der Waals surface area contributed by atoms with Crippen LogP contribution in [0.1, 0.15) is 0 Å². The number of nitrogens with zero attached hydrogens (tertiary/aromatic N) is 2. The number of urea groups is 1. The van der Waals surface area contributed by atoms with Gasteiger partial charge < -0.3 is 19.9 Å². The van der Waals surface area contributed by atoms with Gasteiger partial charge in [-0.3, -0.25) is 4.79 Å². The molecular weight excluding hydrogens is 432 g/mol. The number of nitrogens with two attached hydrogens (primary N) is 1. The third-order valence-electron chi connectivity index (χ3n) is 4.53. The van der Waals surface area contributed by atoms with Crippen LogP contribution >= 0.6 is 11.6 Å². The Morgan fingerprint density at radius 1 is 0.967 bits per heavy atom. The van der Waals surface area contributed by atoms with Crippen LogP contribution in [0.15, 0.2) is 53.4 Å².